The Morgan fingerprint density at radius 1 is 1.50 bits per heavy atom. The van der Waals surface area contributed by atoms with Gasteiger partial charge in [0.2, 0.25) is 0 Å². The van der Waals surface area contributed by atoms with Crippen molar-refractivity contribution in [3.05, 3.63) is 41.7 Å². The number of nitrogens with two attached hydrogens (primary N) is 1. The molecule has 2 rings (SSSR count). The number of amides is 1. The average Bonchev–Trinajstić information content (AvgIpc) is 2.76. The third-order valence-corrected chi connectivity index (χ3v) is 2.30. The van der Waals surface area contributed by atoms with Gasteiger partial charge in [-0.3, -0.25) is 9.89 Å². The second kappa shape index (κ2) is 4.06. The fourth-order valence-corrected chi connectivity index (χ4v) is 1.42. The van der Waals surface area contributed by atoms with Crippen LogP contribution in [0.1, 0.15) is 15.9 Å². The molecule has 4 N–H and O–H groups in total. The van der Waals surface area contributed by atoms with E-state index >= 15 is 0 Å². The first-order valence-electron chi connectivity index (χ1n) is 4.83. The molecule has 5 nitrogen and oxygen atoms in total. The van der Waals surface area contributed by atoms with Gasteiger partial charge in [0, 0.05) is 6.20 Å². The molecule has 0 aliphatic heterocycles. The lowest BCUT2D eigenvalue weighted by Crippen LogP contribution is -2.13. The maximum Gasteiger partial charge on any atom is 0.258 e. The van der Waals surface area contributed by atoms with Crippen molar-refractivity contribution in [2.45, 2.75) is 6.92 Å². The molecule has 5 heteroatoms. The Balaban J connectivity index is 2.25. The number of para-hydroxylation sites is 1. The Hall–Kier alpha value is -2.30. The number of aromatic amines is 1. The fraction of sp³-hybridized carbons (Fsp3) is 0.0909. The minimum atomic E-state index is -0.227. The first-order valence-corrected chi connectivity index (χ1v) is 4.83. The van der Waals surface area contributed by atoms with Crippen molar-refractivity contribution in [2.24, 2.45) is 0 Å². The zero-order valence-corrected chi connectivity index (χ0v) is 8.82. The van der Waals surface area contributed by atoms with Gasteiger partial charge in [-0.2, -0.15) is 5.10 Å². The first kappa shape index (κ1) is 10.2. The highest BCUT2D eigenvalue weighted by atomic mass is 16.1. The number of nitrogens with one attached hydrogen (secondary N) is 2. The summed E-state index contributed by atoms with van der Waals surface area (Å²) in [5, 5.41) is 9.05. The van der Waals surface area contributed by atoms with Crippen molar-refractivity contribution < 1.29 is 4.79 Å². The quantitative estimate of drug-likeness (QED) is 0.666. The van der Waals surface area contributed by atoms with E-state index in [2.05, 4.69) is 15.5 Å². The molecule has 0 unspecified atom stereocenters. The van der Waals surface area contributed by atoms with Crippen molar-refractivity contribution in [3.8, 4) is 0 Å². The van der Waals surface area contributed by atoms with Gasteiger partial charge in [0.25, 0.3) is 5.91 Å². The van der Waals surface area contributed by atoms with Gasteiger partial charge in [-0.15, -0.1) is 0 Å². The number of benzene rings is 1. The Morgan fingerprint density at radius 3 is 2.94 bits per heavy atom. The van der Waals surface area contributed by atoms with Crippen LogP contribution in [0.2, 0.25) is 0 Å². The molecule has 16 heavy (non-hydrogen) atoms. The van der Waals surface area contributed by atoms with Crippen molar-refractivity contribution in [1.82, 2.24) is 10.2 Å². The van der Waals surface area contributed by atoms with Gasteiger partial charge >= 0.3 is 0 Å². The molecule has 1 heterocycles. The van der Waals surface area contributed by atoms with Crippen LogP contribution in [0.3, 0.4) is 0 Å². The molecule has 1 amide bonds. The van der Waals surface area contributed by atoms with Crippen LogP contribution in [0.25, 0.3) is 0 Å². The van der Waals surface area contributed by atoms with E-state index in [1.165, 1.54) is 12.4 Å². The third kappa shape index (κ3) is 1.88. The molecule has 0 spiro atoms. The SMILES string of the molecule is Cc1cccc(N)c1NC(=O)c1cn[nH]c1. The smallest absolute Gasteiger partial charge is 0.258 e. The van der Waals surface area contributed by atoms with E-state index in [0.717, 1.165) is 5.56 Å². The van der Waals surface area contributed by atoms with Gasteiger partial charge in [-0.05, 0) is 18.6 Å². The van der Waals surface area contributed by atoms with Crippen LogP contribution >= 0.6 is 0 Å². The van der Waals surface area contributed by atoms with Gasteiger partial charge in [-0.25, -0.2) is 0 Å². The summed E-state index contributed by atoms with van der Waals surface area (Å²) in [5.41, 5.74) is 8.39. The summed E-state index contributed by atoms with van der Waals surface area (Å²) >= 11 is 0. The van der Waals surface area contributed by atoms with Gasteiger partial charge in [0.15, 0.2) is 0 Å². The van der Waals surface area contributed by atoms with Gasteiger partial charge in [-0.1, -0.05) is 12.1 Å². The maximum atomic E-state index is 11.8. The van der Waals surface area contributed by atoms with Crippen LogP contribution in [0.4, 0.5) is 11.4 Å². The largest absolute Gasteiger partial charge is 0.397 e. The summed E-state index contributed by atoms with van der Waals surface area (Å²) in [6.07, 6.45) is 2.99. The summed E-state index contributed by atoms with van der Waals surface area (Å²) < 4.78 is 0. The van der Waals surface area contributed by atoms with Crippen molar-refractivity contribution in [3.63, 3.8) is 0 Å². The lowest BCUT2D eigenvalue weighted by atomic mass is 10.1. The number of hydrogen-bond acceptors (Lipinski definition) is 3. The van der Waals surface area contributed by atoms with Crippen molar-refractivity contribution in [1.29, 1.82) is 0 Å². The number of rotatable bonds is 2. The highest BCUT2D eigenvalue weighted by Crippen LogP contribution is 2.22. The van der Waals surface area contributed by atoms with Gasteiger partial charge in [0.05, 0.1) is 23.1 Å². The topological polar surface area (TPSA) is 83.8 Å². The van der Waals surface area contributed by atoms with E-state index in [1.807, 2.05) is 19.1 Å². The van der Waals surface area contributed by atoms with Gasteiger partial charge < -0.3 is 11.1 Å². The normalized spacial score (nSPS) is 10.1. The monoisotopic (exact) mass is 216 g/mol. The van der Waals surface area contributed by atoms with E-state index in [9.17, 15) is 4.79 Å². The van der Waals surface area contributed by atoms with E-state index in [1.54, 1.807) is 6.07 Å². The van der Waals surface area contributed by atoms with E-state index in [4.69, 9.17) is 5.73 Å². The Labute approximate surface area is 92.7 Å². The molecule has 1 aromatic heterocycles. The minimum absolute atomic E-state index is 0.227. The summed E-state index contributed by atoms with van der Waals surface area (Å²) in [6.45, 7) is 1.89. The molecular weight excluding hydrogens is 204 g/mol. The second-order valence-electron chi connectivity index (χ2n) is 3.48. The number of nitrogens with zero attached hydrogens (tertiary/aromatic N) is 1. The fourth-order valence-electron chi connectivity index (χ4n) is 1.42. The van der Waals surface area contributed by atoms with Crippen LogP contribution < -0.4 is 11.1 Å². The average molecular weight is 216 g/mol. The summed E-state index contributed by atoms with van der Waals surface area (Å²) in [6, 6.07) is 5.48. The second-order valence-corrected chi connectivity index (χ2v) is 3.48. The molecule has 0 radical (unpaired) electrons. The number of H-pyrrole nitrogens is 1. The highest BCUT2D eigenvalue weighted by molar-refractivity contribution is 6.05. The molecule has 0 saturated carbocycles. The predicted molar refractivity (Wildman–Crippen MR) is 62.1 cm³/mol. The third-order valence-electron chi connectivity index (χ3n) is 2.30. The Bertz CT molecular complexity index is 484. The Morgan fingerprint density at radius 2 is 2.31 bits per heavy atom. The van der Waals surface area contributed by atoms with Crippen LogP contribution in [-0.4, -0.2) is 16.1 Å². The number of carbonyl (C=O) groups is 1. The summed E-state index contributed by atoms with van der Waals surface area (Å²) in [7, 11) is 0. The summed E-state index contributed by atoms with van der Waals surface area (Å²) in [4.78, 5) is 11.8. The van der Waals surface area contributed by atoms with Crippen LogP contribution in [-0.2, 0) is 0 Å². The number of carbonyl (C=O) groups excluding carboxylic acids is 1. The number of anilines is 2. The lowest BCUT2D eigenvalue weighted by Gasteiger charge is -2.09. The molecule has 0 atom stereocenters. The van der Waals surface area contributed by atoms with E-state index < -0.39 is 0 Å². The van der Waals surface area contributed by atoms with Gasteiger partial charge in [0.1, 0.15) is 0 Å². The zero-order valence-electron chi connectivity index (χ0n) is 8.82. The molecule has 0 fully saturated rings. The predicted octanol–water partition coefficient (Wildman–Crippen LogP) is 1.55. The Kier molecular flexibility index (Phi) is 2.59. The molecule has 2 aromatic rings. The maximum absolute atomic E-state index is 11.8. The number of nitrogen functional groups attached to an aromatic ring is 1. The van der Waals surface area contributed by atoms with Crippen molar-refractivity contribution >= 4 is 17.3 Å². The molecule has 82 valence electrons. The van der Waals surface area contributed by atoms with E-state index in [-0.39, 0.29) is 5.91 Å². The molecule has 1 aromatic carbocycles. The van der Waals surface area contributed by atoms with Crippen LogP contribution in [0.15, 0.2) is 30.6 Å². The lowest BCUT2D eigenvalue weighted by molar-refractivity contribution is 0.102. The molecule has 0 aliphatic carbocycles. The number of hydrogen-bond donors (Lipinski definition) is 3. The van der Waals surface area contributed by atoms with Crippen LogP contribution in [0.5, 0.6) is 0 Å². The zero-order chi connectivity index (χ0) is 11.5. The molecule has 0 aliphatic rings. The van der Waals surface area contributed by atoms with E-state index in [0.29, 0.717) is 16.9 Å². The van der Waals surface area contributed by atoms with Crippen molar-refractivity contribution in [2.75, 3.05) is 11.1 Å². The number of aromatic nitrogens is 2. The van der Waals surface area contributed by atoms with Crippen LogP contribution in [0, 0.1) is 6.92 Å². The minimum Gasteiger partial charge on any atom is -0.397 e. The molecule has 0 bridgehead atoms. The first-order chi connectivity index (χ1) is 7.68. The standard InChI is InChI=1S/C11H12N4O/c1-7-3-2-4-9(12)10(7)15-11(16)8-5-13-14-6-8/h2-6H,12H2,1H3,(H,13,14)(H,15,16). The molecular formula is C11H12N4O. The molecule has 0 saturated heterocycles. The number of aryl methyl sites for hydroxylation is 1. The highest BCUT2D eigenvalue weighted by Gasteiger charge is 2.10. The summed E-state index contributed by atoms with van der Waals surface area (Å²) in [5.74, 6) is -0.227.